The predicted octanol–water partition coefficient (Wildman–Crippen LogP) is -1.17. The van der Waals surface area contributed by atoms with E-state index in [-0.39, 0.29) is 19.6 Å². The number of halogens is 1. The Morgan fingerprint density at radius 1 is 1.14 bits per heavy atom. The first-order valence-electron chi connectivity index (χ1n) is 5.91. The van der Waals surface area contributed by atoms with Gasteiger partial charge in [-0.2, -0.15) is 0 Å². The van der Waals surface area contributed by atoms with Crippen molar-refractivity contribution in [1.82, 2.24) is 10.3 Å². The van der Waals surface area contributed by atoms with Gasteiger partial charge in [-0.25, -0.2) is 5.84 Å². The minimum Gasteiger partial charge on any atom is -0.369 e. The Morgan fingerprint density at radius 2 is 1.71 bits per heavy atom. The number of hydrogen-bond acceptors (Lipinski definition) is 5. The lowest BCUT2D eigenvalue weighted by Crippen LogP contribution is -2.39. The van der Waals surface area contributed by atoms with Crippen LogP contribution in [0.2, 0.25) is 0 Å². The Hall–Kier alpha value is -1.97. The van der Waals surface area contributed by atoms with Gasteiger partial charge in [0.05, 0.1) is 13.1 Å². The number of carbonyl (C=O) groups excluding carboxylic acids is 3. The molecular formula is C12H16BrN5O3. The van der Waals surface area contributed by atoms with E-state index < -0.39 is 17.7 Å². The van der Waals surface area contributed by atoms with E-state index in [0.29, 0.717) is 10.0 Å². The molecule has 0 aromatic heterocycles. The first-order valence-corrected chi connectivity index (χ1v) is 6.71. The monoisotopic (exact) mass is 357 g/mol. The quantitative estimate of drug-likeness (QED) is 0.276. The van der Waals surface area contributed by atoms with Crippen molar-refractivity contribution in [3.8, 4) is 0 Å². The van der Waals surface area contributed by atoms with Gasteiger partial charge >= 0.3 is 0 Å². The van der Waals surface area contributed by atoms with Crippen LogP contribution in [0.1, 0.15) is 15.9 Å². The van der Waals surface area contributed by atoms with E-state index in [9.17, 15) is 14.4 Å². The molecule has 0 saturated carbocycles. The zero-order valence-corrected chi connectivity index (χ0v) is 12.7. The molecule has 0 fully saturated rings. The summed E-state index contributed by atoms with van der Waals surface area (Å²) in [7, 11) is 0. The number of nitrogen functional groups attached to an aromatic ring is 1. The smallest absolute Gasteiger partial charge is 0.265 e. The summed E-state index contributed by atoms with van der Waals surface area (Å²) in [5.41, 5.74) is 13.4. The molecule has 0 aliphatic carbocycles. The van der Waals surface area contributed by atoms with Gasteiger partial charge < -0.3 is 11.5 Å². The van der Waals surface area contributed by atoms with Crippen LogP contribution in [0.25, 0.3) is 0 Å². The standard InChI is InChI=1S/C12H16BrN5O3/c13-9-3-7(12(21)17-16)1-2-8(9)4-18(5-10(14)19)6-11(15)20/h1-3H,4-6,16H2,(H2,14,19)(H2,15,20)(H,17,21). The van der Waals surface area contributed by atoms with Crippen molar-refractivity contribution >= 4 is 33.7 Å². The van der Waals surface area contributed by atoms with Gasteiger partial charge in [-0.15, -0.1) is 0 Å². The van der Waals surface area contributed by atoms with Crippen LogP contribution in [-0.2, 0) is 16.1 Å². The van der Waals surface area contributed by atoms with Crippen LogP contribution >= 0.6 is 15.9 Å². The minimum atomic E-state index is -0.563. The molecule has 0 heterocycles. The summed E-state index contributed by atoms with van der Waals surface area (Å²) in [5, 5.41) is 0. The van der Waals surface area contributed by atoms with Crippen LogP contribution in [0.3, 0.4) is 0 Å². The number of hydrogen-bond donors (Lipinski definition) is 4. The lowest BCUT2D eigenvalue weighted by molar-refractivity contribution is -0.122. The molecule has 1 rings (SSSR count). The summed E-state index contributed by atoms with van der Waals surface area (Å²) < 4.78 is 0.641. The lowest BCUT2D eigenvalue weighted by atomic mass is 10.1. The van der Waals surface area contributed by atoms with Crippen LogP contribution in [-0.4, -0.2) is 35.7 Å². The lowest BCUT2D eigenvalue weighted by Gasteiger charge is -2.20. The molecule has 0 unspecified atom stereocenters. The van der Waals surface area contributed by atoms with Crippen LogP contribution < -0.4 is 22.7 Å². The van der Waals surface area contributed by atoms with Gasteiger partial charge in [-0.3, -0.25) is 24.7 Å². The summed E-state index contributed by atoms with van der Waals surface area (Å²) in [6, 6.07) is 4.85. The third-order valence-corrected chi connectivity index (χ3v) is 3.34. The van der Waals surface area contributed by atoms with Gasteiger partial charge in [0.2, 0.25) is 11.8 Å². The van der Waals surface area contributed by atoms with Crippen molar-refractivity contribution in [2.45, 2.75) is 6.54 Å². The molecule has 1 aromatic rings. The summed E-state index contributed by atoms with van der Waals surface area (Å²) in [6.07, 6.45) is 0. The normalized spacial score (nSPS) is 10.4. The van der Waals surface area contributed by atoms with E-state index in [2.05, 4.69) is 15.9 Å². The van der Waals surface area contributed by atoms with E-state index in [1.807, 2.05) is 5.43 Å². The van der Waals surface area contributed by atoms with Crippen molar-refractivity contribution in [3.05, 3.63) is 33.8 Å². The van der Waals surface area contributed by atoms with Crippen molar-refractivity contribution in [3.63, 3.8) is 0 Å². The molecule has 0 aliphatic heterocycles. The Labute approximate surface area is 129 Å². The van der Waals surface area contributed by atoms with E-state index in [1.165, 1.54) is 4.90 Å². The summed E-state index contributed by atoms with van der Waals surface area (Å²) in [5.74, 6) is 3.51. The van der Waals surface area contributed by atoms with E-state index in [4.69, 9.17) is 17.3 Å². The zero-order valence-electron chi connectivity index (χ0n) is 11.1. The van der Waals surface area contributed by atoms with Crippen molar-refractivity contribution in [1.29, 1.82) is 0 Å². The minimum absolute atomic E-state index is 0.0968. The van der Waals surface area contributed by atoms with Gasteiger partial charge in [-0.05, 0) is 17.7 Å². The fraction of sp³-hybridized carbons (Fsp3) is 0.250. The molecule has 21 heavy (non-hydrogen) atoms. The topological polar surface area (TPSA) is 145 Å². The third kappa shape index (κ3) is 5.50. The van der Waals surface area contributed by atoms with E-state index in [1.54, 1.807) is 18.2 Å². The Balaban J connectivity index is 2.90. The zero-order chi connectivity index (χ0) is 16.0. The van der Waals surface area contributed by atoms with Crippen LogP contribution in [0.5, 0.6) is 0 Å². The summed E-state index contributed by atoms with van der Waals surface area (Å²) in [6.45, 7) is 0.0812. The van der Waals surface area contributed by atoms with Crippen LogP contribution in [0, 0.1) is 0 Å². The molecule has 9 heteroatoms. The van der Waals surface area contributed by atoms with Gasteiger partial charge in [0.15, 0.2) is 0 Å². The highest BCUT2D eigenvalue weighted by Crippen LogP contribution is 2.20. The SMILES string of the molecule is NNC(=O)c1ccc(CN(CC(N)=O)CC(N)=O)c(Br)c1. The highest BCUT2D eigenvalue weighted by molar-refractivity contribution is 9.10. The molecule has 3 amide bonds. The molecule has 0 atom stereocenters. The Kier molecular flexibility index (Phi) is 6.28. The maximum atomic E-state index is 11.4. The molecular weight excluding hydrogens is 342 g/mol. The Bertz CT molecular complexity index is 548. The summed E-state index contributed by atoms with van der Waals surface area (Å²) >= 11 is 3.33. The number of nitrogens with zero attached hydrogens (tertiary/aromatic N) is 1. The second-order valence-corrected chi connectivity index (χ2v) is 5.21. The third-order valence-electron chi connectivity index (χ3n) is 2.60. The number of amides is 3. The second-order valence-electron chi connectivity index (χ2n) is 4.36. The van der Waals surface area contributed by atoms with Gasteiger partial charge in [-0.1, -0.05) is 22.0 Å². The number of rotatable bonds is 7. The largest absolute Gasteiger partial charge is 0.369 e. The van der Waals surface area contributed by atoms with Gasteiger partial charge in [0, 0.05) is 16.6 Å². The maximum absolute atomic E-state index is 11.4. The fourth-order valence-electron chi connectivity index (χ4n) is 1.75. The highest BCUT2D eigenvalue weighted by atomic mass is 79.9. The van der Waals surface area contributed by atoms with Crippen molar-refractivity contribution in [2.24, 2.45) is 17.3 Å². The molecule has 0 aliphatic rings. The molecule has 1 aromatic carbocycles. The average Bonchev–Trinajstić information content (AvgIpc) is 2.38. The molecule has 0 bridgehead atoms. The molecule has 0 radical (unpaired) electrons. The van der Waals surface area contributed by atoms with Crippen molar-refractivity contribution < 1.29 is 14.4 Å². The van der Waals surface area contributed by atoms with Crippen molar-refractivity contribution in [2.75, 3.05) is 13.1 Å². The maximum Gasteiger partial charge on any atom is 0.265 e. The first kappa shape index (κ1) is 17.1. The average molecular weight is 358 g/mol. The van der Waals surface area contributed by atoms with Crippen LogP contribution in [0.4, 0.5) is 0 Å². The highest BCUT2D eigenvalue weighted by Gasteiger charge is 2.14. The van der Waals surface area contributed by atoms with Crippen LogP contribution in [0.15, 0.2) is 22.7 Å². The predicted molar refractivity (Wildman–Crippen MR) is 79.5 cm³/mol. The van der Waals surface area contributed by atoms with Gasteiger partial charge in [0.1, 0.15) is 0 Å². The number of nitrogens with two attached hydrogens (primary N) is 3. The Morgan fingerprint density at radius 3 is 2.14 bits per heavy atom. The fourth-order valence-corrected chi connectivity index (χ4v) is 2.25. The molecule has 7 N–H and O–H groups in total. The van der Waals surface area contributed by atoms with E-state index in [0.717, 1.165) is 5.56 Å². The molecule has 0 saturated heterocycles. The number of primary amides is 2. The van der Waals surface area contributed by atoms with E-state index >= 15 is 0 Å². The number of hydrazine groups is 1. The molecule has 8 nitrogen and oxygen atoms in total. The number of carbonyl (C=O) groups is 3. The number of benzene rings is 1. The second kappa shape index (κ2) is 7.72. The first-order chi connectivity index (χ1) is 9.83. The number of nitrogens with one attached hydrogen (secondary N) is 1. The van der Waals surface area contributed by atoms with Gasteiger partial charge in [0.25, 0.3) is 5.91 Å². The molecule has 0 spiro atoms. The summed E-state index contributed by atoms with van der Waals surface area (Å²) in [4.78, 5) is 34.9. The molecule has 114 valence electrons.